The van der Waals surface area contributed by atoms with Crippen LogP contribution in [0.25, 0.3) is 0 Å². The zero-order valence-corrected chi connectivity index (χ0v) is 10.7. The summed E-state index contributed by atoms with van der Waals surface area (Å²) in [5.74, 6) is 0.765. The second-order valence-electron chi connectivity index (χ2n) is 4.86. The molecule has 98 valence electrons. The largest absolute Gasteiger partial charge is 0.492 e. The summed E-state index contributed by atoms with van der Waals surface area (Å²) in [6, 6.07) is 7.59. The molecular weight excluding hydrogens is 229 g/mol. The monoisotopic (exact) mass is 249 g/mol. The van der Waals surface area contributed by atoms with E-state index < -0.39 is 7.12 Å². The SMILES string of the molecule is CN(CCOc1ccc(B(O)O)cc1)C1CCC1. The third-order valence-corrected chi connectivity index (χ3v) is 3.59. The standard InChI is InChI=1S/C13H20BNO3/c1-15(12-3-2-4-12)9-10-18-13-7-5-11(6-8-13)14(16)17/h5-8,12,16-17H,2-4,9-10H2,1H3. The Morgan fingerprint density at radius 1 is 1.28 bits per heavy atom. The minimum atomic E-state index is -1.41. The fourth-order valence-electron chi connectivity index (χ4n) is 2.05. The molecule has 0 atom stereocenters. The topological polar surface area (TPSA) is 52.9 Å². The molecule has 18 heavy (non-hydrogen) atoms. The second-order valence-corrected chi connectivity index (χ2v) is 4.86. The molecule has 1 aliphatic rings. The van der Waals surface area contributed by atoms with Crippen molar-refractivity contribution in [2.45, 2.75) is 25.3 Å². The smallest absolute Gasteiger partial charge is 0.488 e. The molecule has 1 aromatic rings. The Bertz CT molecular complexity index is 365. The van der Waals surface area contributed by atoms with Gasteiger partial charge in [0.15, 0.2) is 0 Å². The van der Waals surface area contributed by atoms with Crippen molar-refractivity contribution in [3.63, 3.8) is 0 Å². The lowest BCUT2D eigenvalue weighted by atomic mass is 9.80. The summed E-state index contributed by atoms with van der Waals surface area (Å²) < 4.78 is 5.63. The van der Waals surface area contributed by atoms with E-state index in [0.717, 1.165) is 18.3 Å². The maximum atomic E-state index is 8.97. The number of hydrogen-bond donors (Lipinski definition) is 2. The first kappa shape index (κ1) is 13.4. The maximum absolute atomic E-state index is 8.97. The van der Waals surface area contributed by atoms with Crippen LogP contribution in [-0.2, 0) is 0 Å². The molecule has 5 heteroatoms. The number of likely N-dealkylation sites (N-methyl/N-ethyl adjacent to an activating group) is 1. The third kappa shape index (κ3) is 3.48. The summed E-state index contributed by atoms with van der Waals surface area (Å²) in [5, 5.41) is 17.9. The molecule has 0 aliphatic heterocycles. The fourth-order valence-corrected chi connectivity index (χ4v) is 2.05. The number of hydrogen-bond acceptors (Lipinski definition) is 4. The molecule has 1 saturated carbocycles. The molecule has 2 rings (SSSR count). The van der Waals surface area contributed by atoms with Crippen LogP contribution in [0, 0.1) is 0 Å². The molecule has 0 bridgehead atoms. The van der Waals surface area contributed by atoms with Crippen molar-refractivity contribution in [1.29, 1.82) is 0 Å². The summed E-state index contributed by atoms with van der Waals surface area (Å²) in [6.07, 6.45) is 3.96. The Labute approximate surface area is 108 Å². The summed E-state index contributed by atoms with van der Waals surface area (Å²) in [6.45, 7) is 1.59. The molecule has 0 spiro atoms. The van der Waals surface area contributed by atoms with Crippen molar-refractivity contribution in [2.24, 2.45) is 0 Å². The molecule has 0 aromatic heterocycles. The molecule has 4 nitrogen and oxygen atoms in total. The number of benzene rings is 1. The molecule has 1 aliphatic carbocycles. The van der Waals surface area contributed by atoms with Gasteiger partial charge in [0.25, 0.3) is 0 Å². The fraction of sp³-hybridized carbons (Fsp3) is 0.538. The highest BCUT2D eigenvalue weighted by atomic mass is 16.5. The van der Waals surface area contributed by atoms with Gasteiger partial charge in [-0.15, -0.1) is 0 Å². The van der Waals surface area contributed by atoms with Crippen LogP contribution in [0.5, 0.6) is 5.75 Å². The van der Waals surface area contributed by atoms with E-state index in [2.05, 4.69) is 11.9 Å². The van der Waals surface area contributed by atoms with Gasteiger partial charge < -0.3 is 19.7 Å². The van der Waals surface area contributed by atoms with E-state index >= 15 is 0 Å². The van der Waals surface area contributed by atoms with Crippen molar-refractivity contribution in [2.75, 3.05) is 20.2 Å². The quantitative estimate of drug-likeness (QED) is 0.708. The molecule has 0 radical (unpaired) electrons. The van der Waals surface area contributed by atoms with Crippen LogP contribution in [0.1, 0.15) is 19.3 Å². The molecule has 0 heterocycles. The van der Waals surface area contributed by atoms with Gasteiger partial charge in [-0.05, 0) is 37.5 Å². The van der Waals surface area contributed by atoms with Gasteiger partial charge in [0.05, 0.1) is 0 Å². The summed E-state index contributed by atoms with van der Waals surface area (Å²) >= 11 is 0. The van der Waals surface area contributed by atoms with Crippen LogP contribution >= 0.6 is 0 Å². The highest BCUT2D eigenvalue weighted by Gasteiger charge is 2.21. The van der Waals surface area contributed by atoms with E-state index in [9.17, 15) is 0 Å². The van der Waals surface area contributed by atoms with Gasteiger partial charge in [0, 0.05) is 12.6 Å². The molecule has 0 amide bonds. The van der Waals surface area contributed by atoms with Crippen LogP contribution in [0.2, 0.25) is 0 Å². The molecular formula is C13H20BNO3. The van der Waals surface area contributed by atoms with E-state index in [0.29, 0.717) is 12.1 Å². The van der Waals surface area contributed by atoms with Gasteiger partial charge in [-0.1, -0.05) is 18.6 Å². The second kappa shape index (κ2) is 6.23. The first-order valence-corrected chi connectivity index (χ1v) is 6.46. The number of rotatable bonds is 6. The lowest BCUT2D eigenvalue weighted by Gasteiger charge is -2.34. The number of nitrogens with zero attached hydrogens (tertiary/aromatic N) is 1. The predicted octanol–water partition coefficient (Wildman–Crippen LogP) is 0.229. The molecule has 0 unspecified atom stereocenters. The maximum Gasteiger partial charge on any atom is 0.488 e. The van der Waals surface area contributed by atoms with E-state index in [1.165, 1.54) is 19.3 Å². The zero-order chi connectivity index (χ0) is 13.0. The van der Waals surface area contributed by atoms with E-state index in [1.807, 2.05) is 0 Å². The van der Waals surface area contributed by atoms with E-state index in [1.54, 1.807) is 24.3 Å². The Balaban J connectivity index is 1.72. The Morgan fingerprint density at radius 3 is 2.44 bits per heavy atom. The highest BCUT2D eigenvalue weighted by Crippen LogP contribution is 2.23. The molecule has 1 aromatic carbocycles. The van der Waals surface area contributed by atoms with Crippen LogP contribution in [0.15, 0.2) is 24.3 Å². The minimum absolute atomic E-state index is 0.480. The first-order chi connectivity index (χ1) is 8.66. The van der Waals surface area contributed by atoms with Crippen molar-refractivity contribution < 1.29 is 14.8 Å². The van der Waals surface area contributed by atoms with Gasteiger partial charge >= 0.3 is 7.12 Å². The lowest BCUT2D eigenvalue weighted by Crippen LogP contribution is -2.39. The minimum Gasteiger partial charge on any atom is -0.492 e. The van der Waals surface area contributed by atoms with Crippen LogP contribution in [0.3, 0.4) is 0 Å². The van der Waals surface area contributed by atoms with Crippen LogP contribution < -0.4 is 10.2 Å². The Hall–Kier alpha value is -1.04. The third-order valence-electron chi connectivity index (χ3n) is 3.59. The Morgan fingerprint density at radius 2 is 1.94 bits per heavy atom. The molecule has 0 saturated heterocycles. The van der Waals surface area contributed by atoms with Crippen LogP contribution in [0.4, 0.5) is 0 Å². The zero-order valence-electron chi connectivity index (χ0n) is 10.7. The van der Waals surface area contributed by atoms with Crippen molar-refractivity contribution in [1.82, 2.24) is 4.90 Å². The average Bonchev–Trinajstić information content (AvgIpc) is 2.27. The van der Waals surface area contributed by atoms with Gasteiger partial charge in [-0.25, -0.2) is 0 Å². The van der Waals surface area contributed by atoms with Crippen molar-refractivity contribution in [3.8, 4) is 5.75 Å². The summed E-state index contributed by atoms with van der Waals surface area (Å²) in [4.78, 5) is 2.34. The normalized spacial score (nSPS) is 15.6. The van der Waals surface area contributed by atoms with Gasteiger partial charge in [-0.2, -0.15) is 0 Å². The van der Waals surface area contributed by atoms with Crippen molar-refractivity contribution in [3.05, 3.63) is 24.3 Å². The molecule has 1 fully saturated rings. The first-order valence-electron chi connectivity index (χ1n) is 6.46. The van der Waals surface area contributed by atoms with Crippen LogP contribution in [-0.4, -0.2) is 48.3 Å². The van der Waals surface area contributed by atoms with E-state index in [4.69, 9.17) is 14.8 Å². The van der Waals surface area contributed by atoms with Gasteiger partial charge in [0.1, 0.15) is 12.4 Å². The summed E-state index contributed by atoms with van der Waals surface area (Å²) in [5.41, 5.74) is 0.480. The van der Waals surface area contributed by atoms with Gasteiger partial charge in [-0.3, -0.25) is 0 Å². The van der Waals surface area contributed by atoms with Gasteiger partial charge in [0.2, 0.25) is 0 Å². The average molecular weight is 249 g/mol. The highest BCUT2D eigenvalue weighted by molar-refractivity contribution is 6.58. The molecule has 2 N–H and O–H groups in total. The Kier molecular flexibility index (Phi) is 4.63. The summed E-state index contributed by atoms with van der Waals surface area (Å²) in [7, 11) is 0.724. The lowest BCUT2D eigenvalue weighted by molar-refractivity contribution is 0.135. The number of ether oxygens (including phenoxy) is 1. The van der Waals surface area contributed by atoms with E-state index in [-0.39, 0.29) is 0 Å². The van der Waals surface area contributed by atoms with Crippen molar-refractivity contribution >= 4 is 12.6 Å². The predicted molar refractivity (Wildman–Crippen MR) is 72.0 cm³/mol.